The minimum atomic E-state index is 0.439. The highest BCUT2D eigenvalue weighted by Crippen LogP contribution is 2.39. The number of aromatic nitrogens is 2. The van der Waals surface area contributed by atoms with Gasteiger partial charge in [-0.3, -0.25) is 4.40 Å². The molecule has 0 saturated carbocycles. The Morgan fingerprint density at radius 3 is 2.03 bits per heavy atom. The fraction of sp³-hybridized carbons (Fsp3) is 0.323. The second-order valence-electron chi connectivity index (χ2n) is 10.4. The molecule has 2 aromatic heterocycles. The van der Waals surface area contributed by atoms with Crippen molar-refractivity contribution in [3.63, 3.8) is 0 Å². The largest absolute Gasteiger partial charge is 0.292 e. The molecule has 168 valence electrons. The van der Waals surface area contributed by atoms with Gasteiger partial charge in [0.05, 0.1) is 17.4 Å². The Morgan fingerprint density at radius 1 is 0.727 bits per heavy atom. The van der Waals surface area contributed by atoms with E-state index in [1.165, 1.54) is 49.6 Å². The standard InChI is InChI=1S/C31H34N2/c1-19(2)16-22-14-15-28-27(17-22)25-10-7-8-11-26(25)31-32-18-29(33(28)31)30-23(20(3)4)12-9-13-24(30)21(5)6/h7-15,17-21H,16H2,1-6H3. The van der Waals surface area contributed by atoms with Crippen LogP contribution in [0.5, 0.6) is 0 Å². The summed E-state index contributed by atoms with van der Waals surface area (Å²) in [5, 5.41) is 3.80. The van der Waals surface area contributed by atoms with E-state index in [-0.39, 0.29) is 0 Å². The third-order valence-corrected chi connectivity index (χ3v) is 6.79. The fourth-order valence-corrected chi connectivity index (χ4v) is 5.31. The maximum atomic E-state index is 5.01. The van der Waals surface area contributed by atoms with E-state index in [0.717, 1.165) is 12.1 Å². The molecule has 0 saturated heterocycles. The van der Waals surface area contributed by atoms with E-state index >= 15 is 0 Å². The predicted molar refractivity (Wildman–Crippen MR) is 142 cm³/mol. The number of rotatable bonds is 5. The van der Waals surface area contributed by atoms with Gasteiger partial charge in [0.1, 0.15) is 5.65 Å². The third kappa shape index (κ3) is 3.62. The quantitative estimate of drug-likeness (QED) is 0.253. The molecule has 0 amide bonds. The van der Waals surface area contributed by atoms with E-state index in [1.807, 2.05) is 0 Å². The van der Waals surface area contributed by atoms with E-state index in [1.54, 1.807) is 0 Å². The molecule has 0 radical (unpaired) electrons. The van der Waals surface area contributed by atoms with Gasteiger partial charge in [0.2, 0.25) is 0 Å². The number of pyridine rings is 1. The van der Waals surface area contributed by atoms with Crippen molar-refractivity contribution >= 4 is 27.3 Å². The van der Waals surface area contributed by atoms with Gasteiger partial charge in [0.15, 0.2) is 0 Å². The van der Waals surface area contributed by atoms with Crippen LogP contribution >= 0.6 is 0 Å². The van der Waals surface area contributed by atoms with Gasteiger partial charge < -0.3 is 0 Å². The number of imidazole rings is 1. The molecule has 0 unspecified atom stereocenters. The van der Waals surface area contributed by atoms with Gasteiger partial charge in [-0.1, -0.05) is 90.1 Å². The Labute approximate surface area is 197 Å². The molecule has 0 N–H and O–H groups in total. The molecule has 0 spiro atoms. The maximum absolute atomic E-state index is 5.01. The summed E-state index contributed by atoms with van der Waals surface area (Å²) in [5.41, 5.74) is 8.99. The van der Waals surface area contributed by atoms with Crippen LogP contribution in [0.2, 0.25) is 0 Å². The number of hydrogen-bond acceptors (Lipinski definition) is 1. The van der Waals surface area contributed by atoms with Crippen LogP contribution in [0.1, 0.15) is 70.1 Å². The highest BCUT2D eigenvalue weighted by molar-refractivity contribution is 6.12. The Morgan fingerprint density at radius 2 is 1.39 bits per heavy atom. The fourth-order valence-electron chi connectivity index (χ4n) is 5.31. The van der Waals surface area contributed by atoms with Crippen LogP contribution < -0.4 is 0 Å². The van der Waals surface area contributed by atoms with E-state index in [0.29, 0.717) is 17.8 Å². The minimum Gasteiger partial charge on any atom is -0.292 e. The predicted octanol–water partition coefficient (Wildman–Crippen LogP) is 8.75. The first-order chi connectivity index (χ1) is 15.9. The number of hydrogen-bond donors (Lipinski definition) is 0. The van der Waals surface area contributed by atoms with E-state index < -0.39 is 0 Å². The van der Waals surface area contributed by atoms with Gasteiger partial charge in [-0.25, -0.2) is 4.98 Å². The van der Waals surface area contributed by atoms with Crippen LogP contribution in [0.25, 0.3) is 38.6 Å². The first-order valence-corrected chi connectivity index (χ1v) is 12.3. The van der Waals surface area contributed by atoms with Crippen molar-refractivity contribution in [2.45, 2.75) is 59.8 Å². The Bertz CT molecular complexity index is 1440. The highest BCUT2D eigenvalue weighted by atomic mass is 15.0. The van der Waals surface area contributed by atoms with Crippen molar-refractivity contribution in [2.75, 3.05) is 0 Å². The van der Waals surface area contributed by atoms with Crippen molar-refractivity contribution < 1.29 is 0 Å². The highest BCUT2D eigenvalue weighted by Gasteiger charge is 2.21. The Hall–Kier alpha value is -3.13. The second kappa shape index (κ2) is 8.33. The van der Waals surface area contributed by atoms with Crippen molar-refractivity contribution in [1.29, 1.82) is 0 Å². The monoisotopic (exact) mass is 434 g/mol. The van der Waals surface area contributed by atoms with Crippen molar-refractivity contribution in [2.24, 2.45) is 5.92 Å². The molecule has 0 bridgehead atoms. The summed E-state index contributed by atoms with van der Waals surface area (Å²) in [6.45, 7) is 13.7. The minimum absolute atomic E-state index is 0.439. The average Bonchev–Trinajstić information content (AvgIpc) is 3.23. The molecule has 33 heavy (non-hydrogen) atoms. The van der Waals surface area contributed by atoms with Crippen molar-refractivity contribution in [3.05, 3.63) is 83.6 Å². The normalized spacial score (nSPS) is 12.3. The van der Waals surface area contributed by atoms with Crippen LogP contribution in [0.4, 0.5) is 0 Å². The lowest BCUT2D eigenvalue weighted by Crippen LogP contribution is -2.03. The van der Waals surface area contributed by atoms with Crippen LogP contribution in [-0.2, 0) is 6.42 Å². The molecular weight excluding hydrogens is 400 g/mol. The van der Waals surface area contributed by atoms with Crippen LogP contribution in [-0.4, -0.2) is 9.38 Å². The van der Waals surface area contributed by atoms with E-state index in [4.69, 9.17) is 4.98 Å². The molecule has 2 heteroatoms. The number of nitrogens with zero attached hydrogens (tertiary/aromatic N) is 2. The topological polar surface area (TPSA) is 17.3 Å². The van der Waals surface area contributed by atoms with Gasteiger partial charge in [-0.2, -0.15) is 0 Å². The molecule has 2 nitrogen and oxygen atoms in total. The summed E-state index contributed by atoms with van der Waals surface area (Å²) in [7, 11) is 0. The van der Waals surface area contributed by atoms with Gasteiger partial charge in [0, 0.05) is 16.3 Å². The zero-order chi connectivity index (χ0) is 23.3. The summed E-state index contributed by atoms with van der Waals surface area (Å²) in [5.74, 6) is 1.51. The molecule has 0 aliphatic carbocycles. The average molecular weight is 435 g/mol. The number of benzene rings is 3. The molecule has 0 fully saturated rings. The second-order valence-corrected chi connectivity index (χ2v) is 10.4. The smallest absolute Gasteiger partial charge is 0.145 e. The molecule has 0 atom stereocenters. The zero-order valence-electron chi connectivity index (χ0n) is 20.7. The first-order valence-electron chi connectivity index (χ1n) is 12.3. The molecule has 0 aliphatic heterocycles. The molecule has 5 aromatic rings. The SMILES string of the molecule is CC(C)Cc1ccc2c(c1)c1ccccc1c1ncc(-c3c(C(C)C)cccc3C(C)C)n21. The maximum Gasteiger partial charge on any atom is 0.145 e. The van der Waals surface area contributed by atoms with Crippen molar-refractivity contribution in [3.8, 4) is 11.3 Å². The Balaban J connectivity index is 1.94. The first kappa shape index (κ1) is 21.7. The molecule has 5 rings (SSSR count). The van der Waals surface area contributed by atoms with Gasteiger partial charge in [-0.15, -0.1) is 0 Å². The summed E-state index contributed by atoms with van der Waals surface area (Å²) >= 11 is 0. The summed E-state index contributed by atoms with van der Waals surface area (Å²) in [4.78, 5) is 5.01. The molecular formula is C31H34N2. The van der Waals surface area contributed by atoms with E-state index in [2.05, 4.69) is 113 Å². The Kier molecular flexibility index (Phi) is 5.48. The lowest BCUT2D eigenvalue weighted by atomic mass is 9.87. The lowest BCUT2D eigenvalue weighted by molar-refractivity contribution is 0.648. The van der Waals surface area contributed by atoms with Crippen LogP contribution in [0, 0.1) is 5.92 Å². The third-order valence-electron chi connectivity index (χ3n) is 6.79. The summed E-state index contributed by atoms with van der Waals surface area (Å²) in [6, 6.07) is 22.5. The van der Waals surface area contributed by atoms with Gasteiger partial charge >= 0.3 is 0 Å². The van der Waals surface area contributed by atoms with E-state index in [9.17, 15) is 0 Å². The van der Waals surface area contributed by atoms with Crippen molar-refractivity contribution in [1.82, 2.24) is 9.38 Å². The van der Waals surface area contributed by atoms with Gasteiger partial charge in [0.25, 0.3) is 0 Å². The summed E-state index contributed by atoms with van der Waals surface area (Å²) in [6.07, 6.45) is 3.18. The summed E-state index contributed by atoms with van der Waals surface area (Å²) < 4.78 is 2.41. The van der Waals surface area contributed by atoms with Crippen LogP contribution in [0.3, 0.4) is 0 Å². The molecule has 2 heterocycles. The number of fused-ring (bicyclic) bond motifs is 6. The molecule has 3 aromatic carbocycles. The molecule has 0 aliphatic rings. The van der Waals surface area contributed by atoms with Gasteiger partial charge in [-0.05, 0) is 58.4 Å². The zero-order valence-corrected chi connectivity index (χ0v) is 20.7. The lowest BCUT2D eigenvalue weighted by Gasteiger charge is -2.20. The van der Waals surface area contributed by atoms with Crippen LogP contribution in [0.15, 0.2) is 66.9 Å².